The molecule has 0 radical (unpaired) electrons. The van der Waals surface area contributed by atoms with Crippen LogP contribution in [0, 0.1) is 5.92 Å². The van der Waals surface area contributed by atoms with Gasteiger partial charge in [-0.15, -0.1) is 24.0 Å². The maximum absolute atomic E-state index is 5.44. The summed E-state index contributed by atoms with van der Waals surface area (Å²) in [6, 6.07) is 6.64. The molecule has 7 heteroatoms. The Kier molecular flexibility index (Phi) is 8.95. The largest absolute Gasteiger partial charge is 0.454 e. The lowest BCUT2D eigenvalue weighted by Gasteiger charge is -2.35. The lowest BCUT2D eigenvalue weighted by molar-refractivity contribution is 0.141. The van der Waals surface area contributed by atoms with E-state index in [4.69, 9.17) is 14.5 Å². The van der Waals surface area contributed by atoms with Crippen LogP contribution in [-0.2, 0) is 6.54 Å². The highest BCUT2D eigenvalue weighted by molar-refractivity contribution is 14.0. The van der Waals surface area contributed by atoms with Crippen LogP contribution in [0.25, 0.3) is 0 Å². The lowest BCUT2D eigenvalue weighted by atomic mass is 9.97. The van der Waals surface area contributed by atoms with Crippen LogP contribution in [-0.4, -0.2) is 49.9 Å². The van der Waals surface area contributed by atoms with Gasteiger partial charge in [0.2, 0.25) is 6.79 Å². The Labute approximate surface area is 180 Å². The van der Waals surface area contributed by atoms with E-state index in [1.54, 1.807) is 0 Å². The number of guanidine groups is 1. The number of rotatable bonds is 6. The van der Waals surface area contributed by atoms with Gasteiger partial charge in [-0.25, -0.2) is 4.99 Å². The highest BCUT2D eigenvalue weighted by atomic mass is 127. The average Bonchev–Trinajstić information content (AvgIpc) is 3.12. The number of piperidine rings is 1. The molecule has 152 valence electrons. The Balaban J connectivity index is 0.00000261. The van der Waals surface area contributed by atoms with Gasteiger partial charge < -0.3 is 25.0 Å². The number of halogens is 1. The van der Waals surface area contributed by atoms with Gasteiger partial charge in [-0.1, -0.05) is 6.07 Å². The molecule has 0 saturated carbocycles. The van der Waals surface area contributed by atoms with E-state index in [9.17, 15) is 0 Å². The summed E-state index contributed by atoms with van der Waals surface area (Å²) in [4.78, 5) is 7.31. The van der Waals surface area contributed by atoms with Gasteiger partial charge in [0.25, 0.3) is 0 Å². The molecule has 0 aromatic heterocycles. The van der Waals surface area contributed by atoms with Crippen molar-refractivity contribution in [2.24, 2.45) is 10.9 Å². The molecule has 3 rings (SSSR count). The van der Waals surface area contributed by atoms with E-state index < -0.39 is 0 Å². The normalized spacial score (nSPS) is 19.7. The Hall–Kier alpha value is -1.22. The summed E-state index contributed by atoms with van der Waals surface area (Å²) in [5, 5.41) is 6.88. The molecule has 0 amide bonds. The molecule has 1 unspecified atom stereocenters. The molecular formula is C20H33IN4O2. The van der Waals surface area contributed by atoms with Crippen LogP contribution in [0.15, 0.2) is 23.2 Å². The number of ether oxygens (including phenoxy) is 2. The third kappa shape index (κ3) is 6.41. The molecule has 1 atom stereocenters. The molecule has 1 aromatic rings. The van der Waals surface area contributed by atoms with E-state index in [1.165, 1.54) is 25.9 Å². The number of fused-ring (bicyclic) bond motifs is 1. The topological polar surface area (TPSA) is 58.1 Å². The Bertz CT molecular complexity index is 624. The molecule has 0 aliphatic carbocycles. The molecule has 1 saturated heterocycles. The Morgan fingerprint density at radius 2 is 2.07 bits per heavy atom. The second-order valence-electron chi connectivity index (χ2n) is 7.36. The van der Waals surface area contributed by atoms with Crippen LogP contribution in [0.4, 0.5) is 0 Å². The highest BCUT2D eigenvalue weighted by Gasteiger charge is 2.21. The fraction of sp³-hybridized carbons (Fsp3) is 0.650. The van der Waals surface area contributed by atoms with Gasteiger partial charge in [0.1, 0.15) is 0 Å². The number of nitrogens with zero attached hydrogens (tertiary/aromatic N) is 2. The van der Waals surface area contributed by atoms with Crippen LogP contribution in [0.2, 0.25) is 0 Å². The van der Waals surface area contributed by atoms with Crippen LogP contribution in [0.5, 0.6) is 11.5 Å². The summed E-state index contributed by atoms with van der Waals surface area (Å²) in [6.45, 7) is 11.8. The van der Waals surface area contributed by atoms with Crippen molar-refractivity contribution in [3.8, 4) is 11.5 Å². The Morgan fingerprint density at radius 3 is 2.85 bits per heavy atom. The number of likely N-dealkylation sites (tertiary alicyclic amines) is 1. The van der Waals surface area contributed by atoms with E-state index in [0.717, 1.165) is 36.1 Å². The maximum atomic E-state index is 5.44. The van der Waals surface area contributed by atoms with Gasteiger partial charge in [-0.05, 0) is 63.8 Å². The lowest BCUT2D eigenvalue weighted by Crippen LogP contribution is -2.46. The summed E-state index contributed by atoms with van der Waals surface area (Å²) in [7, 11) is 0. The smallest absolute Gasteiger partial charge is 0.231 e. The first-order valence-electron chi connectivity index (χ1n) is 9.80. The van der Waals surface area contributed by atoms with Crippen molar-refractivity contribution in [2.45, 2.75) is 46.2 Å². The third-order valence-electron chi connectivity index (χ3n) is 5.04. The molecule has 6 nitrogen and oxygen atoms in total. The number of nitrogens with one attached hydrogen (secondary N) is 2. The van der Waals surface area contributed by atoms with Crippen molar-refractivity contribution in [1.82, 2.24) is 15.5 Å². The van der Waals surface area contributed by atoms with Gasteiger partial charge in [-0.2, -0.15) is 0 Å². The van der Waals surface area contributed by atoms with Crippen molar-refractivity contribution < 1.29 is 9.47 Å². The van der Waals surface area contributed by atoms with Crippen LogP contribution in [0.1, 0.15) is 39.2 Å². The van der Waals surface area contributed by atoms with Gasteiger partial charge in [0, 0.05) is 25.7 Å². The highest BCUT2D eigenvalue weighted by Crippen LogP contribution is 2.32. The van der Waals surface area contributed by atoms with E-state index in [0.29, 0.717) is 25.3 Å². The van der Waals surface area contributed by atoms with Crippen molar-refractivity contribution in [2.75, 3.05) is 33.0 Å². The summed E-state index contributed by atoms with van der Waals surface area (Å²) in [5.41, 5.74) is 1.12. The van der Waals surface area contributed by atoms with E-state index in [2.05, 4.69) is 36.3 Å². The standard InChI is InChI=1S/C20H32N4O2.HI/c1-4-21-20(23-12-17-6-5-9-24(13-17)15(2)3)22-11-16-7-8-18-19(10-16)26-14-25-18;/h7-8,10,15,17H,4-6,9,11-14H2,1-3H3,(H2,21,22,23);1H. The van der Waals surface area contributed by atoms with Gasteiger partial charge in [0.15, 0.2) is 17.5 Å². The predicted octanol–water partition coefficient (Wildman–Crippen LogP) is 3.21. The molecule has 27 heavy (non-hydrogen) atoms. The Morgan fingerprint density at radius 1 is 1.26 bits per heavy atom. The zero-order chi connectivity index (χ0) is 18.4. The second kappa shape index (κ2) is 10.9. The van der Waals surface area contributed by atoms with E-state index in [-0.39, 0.29) is 24.0 Å². The molecular weight excluding hydrogens is 455 g/mol. The summed E-state index contributed by atoms with van der Waals surface area (Å²) in [5.74, 6) is 3.19. The fourth-order valence-electron chi connectivity index (χ4n) is 3.53. The number of hydrogen-bond donors (Lipinski definition) is 2. The molecule has 2 N–H and O–H groups in total. The molecule has 0 bridgehead atoms. The van der Waals surface area contributed by atoms with Crippen molar-refractivity contribution in [3.63, 3.8) is 0 Å². The summed E-state index contributed by atoms with van der Waals surface area (Å²) >= 11 is 0. The molecule has 1 aromatic carbocycles. The number of aliphatic imine (C=N–C) groups is 1. The van der Waals surface area contributed by atoms with Crippen molar-refractivity contribution >= 4 is 29.9 Å². The number of hydrogen-bond acceptors (Lipinski definition) is 4. The molecule has 2 aliphatic rings. The predicted molar refractivity (Wildman–Crippen MR) is 120 cm³/mol. The summed E-state index contributed by atoms with van der Waals surface area (Å²) < 4.78 is 10.8. The van der Waals surface area contributed by atoms with E-state index in [1.807, 2.05) is 18.2 Å². The minimum absolute atomic E-state index is 0. The first-order chi connectivity index (χ1) is 12.7. The maximum Gasteiger partial charge on any atom is 0.231 e. The SMILES string of the molecule is CCNC(=NCc1ccc2c(c1)OCO2)NCC1CCCN(C(C)C)C1.I. The zero-order valence-electron chi connectivity index (χ0n) is 16.7. The van der Waals surface area contributed by atoms with Gasteiger partial charge >= 0.3 is 0 Å². The fourth-order valence-corrected chi connectivity index (χ4v) is 3.53. The first-order valence-corrected chi connectivity index (χ1v) is 9.80. The third-order valence-corrected chi connectivity index (χ3v) is 5.04. The minimum Gasteiger partial charge on any atom is -0.454 e. The van der Waals surface area contributed by atoms with E-state index >= 15 is 0 Å². The van der Waals surface area contributed by atoms with Crippen molar-refractivity contribution in [1.29, 1.82) is 0 Å². The van der Waals surface area contributed by atoms with Gasteiger partial charge in [0.05, 0.1) is 6.54 Å². The quantitative estimate of drug-likeness (QED) is 0.366. The summed E-state index contributed by atoms with van der Waals surface area (Å²) in [6.07, 6.45) is 2.58. The van der Waals surface area contributed by atoms with Crippen LogP contribution < -0.4 is 20.1 Å². The molecule has 2 heterocycles. The second-order valence-corrected chi connectivity index (χ2v) is 7.36. The van der Waals surface area contributed by atoms with Crippen LogP contribution in [0.3, 0.4) is 0 Å². The molecule has 2 aliphatic heterocycles. The molecule has 1 fully saturated rings. The monoisotopic (exact) mass is 488 g/mol. The van der Waals surface area contributed by atoms with Crippen LogP contribution >= 0.6 is 24.0 Å². The number of benzene rings is 1. The van der Waals surface area contributed by atoms with Gasteiger partial charge in [-0.3, -0.25) is 0 Å². The zero-order valence-corrected chi connectivity index (χ0v) is 19.0. The minimum atomic E-state index is 0. The van der Waals surface area contributed by atoms with Crippen molar-refractivity contribution in [3.05, 3.63) is 23.8 Å². The first kappa shape index (κ1) is 22.1. The average molecular weight is 488 g/mol. The molecule has 0 spiro atoms.